The first-order chi connectivity index (χ1) is 11.0. The second-order valence-electron chi connectivity index (χ2n) is 6.53. The first kappa shape index (κ1) is 15.3. The monoisotopic (exact) mass is 310 g/mol. The Kier molecular flexibility index (Phi) is 3.49. The second-order valence-corrected chi connectivity index (χ2v) is 6.53. The molecular weight excluding hydrogens is 292 g/mol. The molecule has 0 amide bonds. The number of hydrogen-bond acceptors (Lipinski definition) is 5. The highest BCUT2D eigenvalue weighted by molar-refractivity contribution is 5.64. The predicted octanol–water partition coefficient (Wildman–Crippen LogP) is 3.32. The van der Waals surface area contributed by atoms with Crippen molar-refractivity contribution in [3.63, 3.8) is 0 Å². The van der Waals surface area contributed by atoms with Gasteiger partial charge in [-0.15, -0.1) is 0 Å². The molecular formula is C17H18N4O2. The van der Waals surface area contributed by atoms with Gasteiger partial charge in [-0.25, -0.2) is 0 Å². The van der Waals surface area contributed by atoms with E-state index in [2.05, 4.69) is 12.1 Å². The second kappa shape index (κ2) is 5.24. The molecule has 3 rings (SSSR count). The molecule has 0 saturated heterocycles. The minimum atomic E-state index is -1.16. The number of rotatable bonds is 1. The molecule has 2 aliphatic rings. The lowest BCUT2D eigenvalue weighted by atomic mass is 9.58. The predicted molar refractivity (Wildman–Crippen MR) is 84.7 cm³/mol. The van der Waals surface area contributed by atoms with Crippen molar-refractivity contribution < 1.29 is 4.92 Å². The number of nitro benzene ring substituents is 1. The molecule has 0 unspecified atom stereocenters. The molecule has 0 bridgehead atoms. The van der Waals surface area contributed by atoms with Crippen molar-refractivity contribution >= 4 is 11.4 Å². The van der Waals surface area contributed by atoms with Crippen molar-refractivity contribution in [3.8, 4) is 12.1 Å². The van der Waals surface area contributed by atoms with Crippen molar-refractivity contribution in [1.82, 2.24) is 0 Å². The lowest BCUT2D eigenvalue weighted by Crippen LogP contribution is -2.62. The molecule has 1 saturated carbocycles. The van der Waals surface area contributed by atoms with Crippen LogP contribution in [0, 0.1) is 38.2 Å². The maximum Gasteiger partial charge on any atom is 0.269 e. The molecule has 1 fully saturated rings. The number of nitriles is 2. The Morgan fingerprint density at radius 1 is 1.22 bits per heavy atom. The molecule has 118 valence electrons. The third-order valence-corrected chi connectivity index (χ3v) is 5.59. The van der Waals surface area contributed by atoms with Crippen LogP contribution in [0.15, 0.2) is 18.2 Å². The minimum Gasteiger partial charge on any atom is -0.366 e. The molecule has 0 aromatic heterocycles. The van der Waals surface area contributed by atoms with E-state index >= 15 is 0 Å². The summed E-state index contributed by atoms with van der Waals surface area (Å²) in [7, 11) is 1.92. The van der Waals surface area contributed by atoms with Gasteiger partial charge in [-0.05, 0) is 24.5 Å². The van der Waals surface area contributed by atoms with Crippen LogP contribution in [0.5, 0.6) is 0 Å². The SMILES string of the molecule is CN1c2ccc([N+](=O)[O-])cc2CC(C#N)(C#N)C12CCCCC2. The average molecular weight is 310 g/mol. The topological polar surface area (TPSA) is 94.0 Å². The fourth-order valence-electron chi connectivity index (χ4n) is 4.33. The summed E-state index contributed by atoms with van der Waals surface area (Å²) in [5.74, 6) is 0. The van der Waals surface area contributed by atoms with Crippen LogP contribution in [0.1, 0.15) is 37.7 Å². The summed E-state index contributed by atoms with van der Waals surface area (Å²) < 4.78 is 0. The van der Waals surface area contributed by atoms with Gasteiger partial charge in [0.2, 0.25) is 0 Å². The zero-order valence-corrected chi connectivity index (χ0v) is 13.1. The molecule has 1 aliphatic carbocycles. The Bertz CT molecular complexity index is 724. The normalized spacial score (nSPS) is 21.1. The van der Waals surface area contributed by atoms with Crippen molar-refractivity contribution in [2.75, 3.05) is 11.9 Å². The number of benzene rings is 1. The Balaban J connectivity index is 2.19. The average Bonchev–Trinajstić information content (AvgIpc) is 2.58. The van der Waals surface area contributed by atoms with Gasteiger partial charge in [-0.1, -0.05) is 19.3 Å². The highest BCUT2D eigenvalue weighted by atomic mass is 16.6. The molecule has 6 heteroatoms. The Morgan fingerprint density at radius 3 is 2.43 bits per heavy atom. The molecule has 1 aromatic rings. The highest BCUT2D eigenvalue weighted by Gasteiger charge is 2.58. The van der Waals surface area contributed by atoms with Crippen molar-refractivity contribution in [2.45, 2.75) is 44.1 Å². The molecule has 0 radical (unpaired) electrons. The van der Waals surface area contributed by atoms with Gasteiger partial charge in [0.15, 0.2) is 5.41 Å². The van der Waals surface area contributed by atoms with Crippen LogP contribution >= 0.6 is 0 Å². The molecule has 6 nitrogen and oxygen atoms in total. The molecule has 0 N–H and O–H groups in total. The zero-order valence-electron chi connectivity index (χ0n) is 13.1. The summed E-state index contributed by atoms with van der Waals surface area (Å²) in [6.45, 7) is 0. The van der Waals surface area contributed by atoms with E-state index in [1.54, 1.807) is 6.07 Å². The van der Waals surface area contributed by atoms with Crippen molar-refractivity contribution in [1.29, 1.82) is 10.5 Å². The summed E-state index contributed by atoms with van der Waals surface area (Å²) in [4.78, 5) is 12.6. The van der Waals surface area contributed by atoms with Crippen LogP contribution < -0.4 is 4.90 Å². The van der Waals surface area contributed by atoms with Gasteiger partial charge in [0.1, 0.15) is 0 Å². The van der Waals surface area contributed by atoms with Crippen LogP contribution in [0.2, 0.25) is 0 Å². The van der Waals surface area contributed by atoms with Crippen LogP contribution in [0.3, 0.4) is 0 Å². The lowest BCUT2D eigenvalue weighted by molar-refractivity contribution is -0.384. The zero-order chi connectivity index (χ0) is 16.7. The van der Waals surface area contributed by atoms with E-state index in [4.69, 9.17) is 0 Å². The van der Waals surface area contributed by atoms with Crippen LogP contribution in [0.25, 0.3) is 0 Å². The van der Waals surface area contributed by atoms with E-state index in [1.807, 2.05) is 11.9 Å². The maximum absolute atomic E-state index is 11.0. The quantitative estimate of drug-likeness (QED) is 0.586. The van der Waals surface area contributed by atoms with Crippen LogP contribution in [-0.4, -0.2) is 17.5 Å². The van der Waals surface area contributed by atoms with E-state index in [0.29, 0.717) is 5.56 Å². The third-order valence-electron chi connectivity index (χ3n) is 5.59. The number of nitro groups is 1. The number of hydrogen-bond donors (Lipinski definition) is 0. The smallest absolute Gasteiger partial charge is 0.269 e. The molecule has 1 aromatic carbocycles. The summed E-state index contributed by atoms with van der Waals surface area (Å²) in [6.07, 6.45) is 4.98. The maximum atomic E-state index is 11.0. The summed E-state index contributed by atoms with van der Waals surface area (Å²) in [6, 6.07) is 9.31. The first-order valence-corrected chi connectivity index (χ1v) is 7.83. The largest absolute Gasteiger partial charge is 0.366 e. The molecule has 1 heterocycles. The fraction of sp³-hybridized carbons (Fsp3) is 0.529. The van der Waals surface area contributed by atoms with Gasteiger partial charge < -0.3 is 4.90 Å². The van der Waals surface area contributed by atoms with E-state index in [9.17, 15) is 20.6 Å². The highest BCUT2D eigenvalue weighted by Crippen LogP contribution is 2.53. The molecule has 1 aliphatic heterocycles. The van der Waals surface area contributed by atoms with E-state index in [1.165, 1.54) is 12.1 Å². The Labute approximate surface area is 135 Å². The van der Waals surface area contributed by atoms with E-state index < -0.39 is 15.9 Å². The van der Waals surface area contributed by atoms with Crippen molar-refractivity contribution in [2.24, 2.45) is 5.41 Å². The number of fused-ring (bicyclic) bond motifs is 1. The lowest BCUT2D eigenvalue weighted by Gasteiger charge is -2.55. The fourth-order valence-corrected chi connectivity index (χ4v) is 4.33. The summed E-state index contributed by atoms with van der Waals surface area (Å²) >= 11 is 0. The van der Waals surface area contributed by atoms with Crippen LogP contribution in [-0.2, 0) is 6.42 Å². The number of anilines is 1. The van der Waals surface area contributed by atoms with Crippen molar-refractivity contribution in [3.05, 3.63) is 33.9 Å². The molecule has 0 atom stereocenters. The van der Waals surface area contributed by atoms with Gasteiger partial charge in [-0.3, -0.25) is 10.1 Å². The van der Waals surface area contributed by atoms with Gasteiger partial charge in [0, 0.05) is 31.3 Å². The third kappa shape index (κ3) is 1.98. The Morgan fingerprint density at radius 2 is 1.87 bits per heavy atom. The van der Waals surface area contributed by atoms with Crippen LogP contribution in [0.4, 0.5) is 11.4 Å². The summed E-state index contributed by atoms with van der Waals surface area (Å²) in [5, 5.41) is 30.7. The number of non-ortho nitro benzene ring substituents is 1. The minimum absolute atomic E-state index is 0.00141. The van der Waals surface area contributed by atoms with Gasteiger partial charge in [0.05, 0.1) is 22.6 Å². The standard InChI is InChI=1S/C17H18N4O2/c1-20-15-6-5-14(21(22)23)9-13(15)10-16(11-18,12-19)17(20)7-3-2-4-8-17/h5-6,9H,2-4,7-8,10H2,1H3. The van der Waals surface area contributed by atoms with Gasteiger partial charge >= 0.3 is 0 Å². The number of nitrogens with zero attached hydrogens (tertiary/aromatic N) is 4. The summed E-state index contributed by atoms with van der Waals surface area (Å²) in [5.41, 5.74) is -0.0522. The molecule has 23 heavy (non-hydrogen) atoms. The Hall–Kier alpha value is -2.60. The van der Waals surface area contributed by atoms with E-state index in [-0.39, 0.29) is 12.1 Å². The van der Waals surface area contributed by atoms with E-state index in [0.717, 1.165) is 37.8 Å². The molecule has 1 spiro atoms. The van der Waals surface area contributed by atoms with Gasteiger partial charge in [-0.2, -0.15) is 10.5 Å². The first-order valence-electron chi connectivity index (χ1n) is 7.83. The van der Waals surface area contributed by atoms with Gasteiger partial charge in [0.25, 0.3) is 5.69 Å².